The summed E-state index contributed by atoms with van der Waals surface area (Å²) in [5.74, 6) is 0.837. The summed E-state index contributed by atoms with van der Waals surface area (Å²) in [7, 11) is -3.68. The third kappa shape index (κ3) is 4.69. The molecular formula is C20H23FN2O5S. The van der Waals surface area contributed by atoms with Crippen molar-refractivity contribution in [2.75, 3.05) is 26.4 Å². The van der Waals surface area contributed by atoms with E-state index in [1.54, 1.807) is 12.1 Å². The number of nitrogens with zero attached hydrogens (tertiary/aromatic N) is 1. The predicted octanol–water partition coefficient (Wildman–Crippen LogP) is 2.03. The van der Waals surface area contributed by atoms with Crippen LogP contribution in [0.25, 0.3) is 0 Å². The lowest BCUT2D eigenvalue weighted by atomic mass is 10.0. The Bertz CT molecular complexity index is 959. The Balaban J connectivity index is 1.29. The highest BCUT2D eigenvalue weighted by Crippen LogP contribution is 2.34. The van der Waals surface area contributed by atoms with E-state index in [4.69, 9.17) is 9.47 Å². The lowest BCUT2D eigenvalue weighted by molar-refractivity contribution is 0.0961. The van der Waals surface area contributed by atoms with Gasteiger partial charge in [-0.15, -0.1) is 0 Å². The van der Waals surface area contributed by atoms with Crippen LogP contribution in [0.5, 0.6) is 11.5 Å². The van der Waals surface area contributed by atoms with Gasteiger partial charge >= 0.3 is 0 Å². The van der Waals surface area contributed by atoms with Gasteiger partial charge in [0.25, 0.3) is 0 Å². The number of rotatable bonds is 6. The van der Waals surface area contributed by atoms with Crippen molar-refractivity contribution >= 4 is 10.0 Å². The van der Waals surface area contributed by atoms with Gasteiger partial charge in [-0.2, -0.15) is 0 Å². The molecule has 1 fully saturated rings. The average Bonchev–Trinajstić information content (AvgIpc) is 3.17. The zero-order valence-electron chi connectivity index (χ0n) is 15.8. The third-order valence-electron chi connectivity index (χ3n) is 5.25. The Morgan fingerprint density at radius 3 is 2.52 bits per heavy atom. The minimum Gasteiger partial charge on any atom is -0.454 e. The predicted molar refractivity (Wildman–Crippen MR) is 104 cm³/mol. The fourth-order valence-corrected chi connectivity index (χ4v) is 4.91. The lowest BCUT2D eigenvalue weighted by Gasteiger charge is -2.33. The van der Waals surface area contributed by atoms with Crippen LogP contribution in [0, 0.1) is 5.82 Å². The molecule has 0 aromatic heterocycles. The SMILES string of the molecule is O=S(=O)(NC1CCN(C[C@H](O)c2ccc3c(c2)OCO3)CC1)c1ccc(F)cc1. The molecule has 9 heteroatoms. The molecule has 156 valence electrons. The van der Waals surface area contributed by atoms with E-state index < -0.39 is 21.9 Å². The highest BCUT2D eigenvalue weighted by Gasteiger charge is 2.26. The number of piperidine rings is 1. The normalized spacial score (nSPS) is 18.7. The van der Waals surface area contributed by atoms with Gasteiger partial charge in [-0.1, -0.05) is 6.07 Å². The number of ether oxygens (including phenoxy) is 2. The van der Waals surface area contributed by atoms with Gasteiger partial charge in [-0.05, 0) is 67.9 Å². The molecule has 2 N–H and O–H groups in total. The third-order valence-corrected chi connectivity index (χ3v) is 6.78. The van der Waals surface area contributed by atoms with E-state index in [2.05, 4.69) is 9.62 Å². The van der Waals surface area contributed by atoms with E-state index >= 15 is 0 Å². The van der Waals surface area contributed by atoms with Crippen LogP contribution in [-0.2, 0) is 10.0 Å². The maximum atomic E-state index is 13.0. The van der Waals surface area contributed by atoms with Crippen LogP contribution in [0.2, 0.25) is 0 Å². The summed E-state index contributed by atoms with van der Waals surface area (Å²) in [6, 6.07) is 9.99. The van der Waals surface area contributed by atoms with E-state index in [0.717, 1.165) is 17.7 Å². The zero-order chi connectivity index (χ0) is 20.4. The molecule has 0 saturated carbocycles. The molecule has 4 rings (SSSR count). The Kier molecular flexibility index (Phi) is 5.73. The molecule has 0 spiro atoms. The Labute approximate surface area is 169 Å². The molecule has 0 amide bonds. The van der Waals surface area contributed by atoms with Gasteiger partial charge in [0.15, 0.2) is 11.5 Å². The Hall–Kier alpha value is -2.20. The smallest absolute Gasteiger partial charge is 0.240 e. The second-order valence-corrected chi connectivity index (χ2v) is 8.99. The number of nitrogens with one attached hydrogen (secondary N) is 1. The fourth-order valence-electron chi connectivity index (χ4n) is 3.60. The Morgan fingerprint density at radius 2 is 1.79 bits per heavy atom. The number of aliphatic hydroxyl groups is 1. The van der Waals surface area contributed by atoms with Gasteiger partial charge in [0, 0.05) is 12.6 Å². The van der Waals surface area contributed by atoms with Gasteiger partial charge in [0.05, 0.1) is 11.0 Å². The van der Waals surface area contributed by atoms with E-state index in [1.165, 1.54) is 12.1 Å². The second kappa shape index (κ2) is 8.27. The zero-order valence-corrected chi connectivity index (χ0v) is 16.6. The summed E-state index contributed by atoms with van der Waals surface area (Å²) in [5, 5.41) is 10.5. The molecular weight excluding hydrogens is 399 g/mol. The largest absolute Gasteiger partial charge is 0.454 e. The highest BCUT2D eigenvalue weighted by molar-refractivity contribution is 7.89. The van der Waals surface area contributed by atoms with Gasteiger partial charge in [0.2, 0.25) is 16.8 Å². The minimum atomic E-state index is -3.68. The quantitative estimate of drug-likeness (QED) is 0.741. The topological polar surface area (TPSA) is 88.1 Å². The summed E-state index contributed by atoms with van der Waals surface area (Å²) in [6.07, 6.45) is 0.597. The maximum absolute atomic E-state index is 13.0. The minimum absolute atomic E-state index is 0.0551. The first-order chi connectivity index (χ1) is 13.9. The first-order valence-corrected chi connectivity index (χ1v) is 11.0. The van der Waals surface area contributed by atoms with E-state index in [-0.39, 0.29) is 17.7 Å². The molecule has 2 heterocycles. The van der Waals surface area contributed by atoms with Crippen molar-refractivity contribution in [1.29, 1.82) is 0 Å². The highest BCUT2D eigenvalue weighted by atomic mass is 32.2. The van der Waals surface area contributed by atoms with Gasteiger partial charge < -0.3 is 19.5 Å². The first kappa shape index (κ1) is 20.1. The number of halogens is 1. The lowest BCUT2D eigenvalue weighted by Crippen LogP contribution is -2.45. The van der Waals surface area contributed by atoms with Crippen molar-refractivity contribution in [3.63, 3.8) is 0 Å². The summed E-state index contributed by atoms with van der Waals surface area (Å²) >= 11 is 0. The summed E-state index contributed by atoms with van der Waals surface area (Å²) < 4.78 is 51.2. The van der Waals surface area contributed by atoms with Crippen LogP contribution >= 0.6 is 0 Å². The second-order valence-electron chi connectivity index (χ2n) is 7.28. The van der Waals surface area contributed by atoms with Gasteiger partial charge in [-0.3, -0.25) is 0 Å². The molecule has 7 nitrogen and oxygen atoms in total. The van der Waals surface area contributed by atoms with E-state index in [9.17, 15) is 17.9 Å². The monoisotopic (exact) mass is 422 g/mol. The summed E-state index contributed by atoms with van der Waals surface area (Å²) in [4.78, 5) is 2.16. The summed E-state index contributed by atoms with van der Waals surface area (Å²) in [6.45, 7) is 1.98. The molecule has 1 atom stereocenters. The fraction of sp³-hybridized carbons (Fsp3) is 0.400. The van der Waals surface area contributed by atoms with Gasteiger partial charge in [-0.25, -0.2) is 17.5 Å². The number of hydrogen-bond acceptors (Lipinski definition) is 6. The van der Waals surface area contributed by atoms with E-state index in [1.807, 2.05) is 6.07 Å². The molecule has 0 radical (unpaired) electrons. The number of likely N-dealkylation sites (tertiary alicyclic amines) is 1. The molecule has 2 aromatic rings. The van der Waals surface area contributed by atoms with Crippen LogP contribution in [0.1, 0.15) is 24.5 Å². The molecule has 0 aliphatic carbocycles. The number of β-amino-alcohol motifs (C(OH)–C–C–N with tert-alkyl or cyclic N) is 1. The average molecular weight is 422 g/mol. The van der Waals surface area contributed by atoms with Crippen molar-refractivity contribution in [3.8, 4) is 11.5 Å². The molecule has 1 saturated heterocycles. The number of aliphatic hydroxyl groups excluding tert-OH is 1. The number of sulfonamides is 1. The first-order valence-electron chi connectivity index (χ1n) is 9.48. The molecule has 2 aromatic carbocycles. The van der Waals surface area contributed by atoms with E-state index in [0.29, 0.717) is 44.0 Å². The van der Waals surface area contributed by atoms with Crippen LogP contribution < -0.4 is 14.2 Å². The van der Waals surface area contributed by atoms with Crippen molar-refractivity contribution in [1.82, 2.24) is 9.62 Å². The molecule has 0 unspecified atom stereocenters. The van der Waals surface area contributed by atoms with Crippen molar-refractivity contribution in [2.24, 2.45) is 0 Å². The Morgan fingerprint density at radius 1 is 1.10 bits per heavy atom. The number of fused-ring (bicyclic) bond motifs is 1. The van der Waals surface area contributed by atoms with Crippen molar-refractivity contribution < 1.29 is 27.4 Å². The van der Waals surface area contributed by atoms with Crippen molar-refractivity contribution in [2.45, 2.75) is 29.9 Å². The van der Waals surface area contributed by atoms with Crippen LogP contribution in [0.3, 0.4) is 0 Å². The van der Waals surface area contributed by atoms with Crippen LogP contribution in [0.15, 0.2) is 47.4 Å². The number of benzene rings is 2. The molecule has 2 aliphatic rings. The number of hydrogen-bond donors (Lipinski definition) is 2. The van der Waals surface area contributed by atoms with Crippen LogP contribution in [0.4, 0.5) is 4.39 Å². The van der Waals surface area contributed by atoms with Crippen LogP contribution in [-0.4, -0.2) is 50.9 Å². The standard InChI is InChI=1S/C20H23FN2O5S/c21-15-2-4-17(5-3-15)29(25,26)22-16-7-9-23(10-8-16)12-18(24)14-1-6-19-20(11-14)28-13-27-19/h1-6,11,16,18,22,24H,7-10,12-13H2/t18-/m0/s1. The van der Waals surface area contributed by atoms with Crippen molar-refractivity contribution in [3.05, 3.63) is 53.8 Å². The van der Waals surface area contributed by atoms with Gasteiger partial charge in [0.1, 0.15) is 5.82 Å². The molecule has 29 heavy (non-hydrogen) atoms. The molecule has 2 aliphatic heterocycles. The maximum Gasteiger partial charge on any atom is 0.240 e. The summed E-state index contributed by atoms with van der Waals surface area (Å²) in [5.41, 5.74) is 0.758. The molecule has 0 bridgehead atoms.